The summed E-state index contributed by atoms with van der Waals surface area (Å²) >= 11 is 0. The molecule has 104 valence electrons. The number of ether oxygens (including phenoxy) is 1. The Morgan fingerprint density at radius 2 is 2.05 bits per heavy atom. The molecule has 0 aliphatic heterocycles. The van der Waals surface area contributed by atoms with Crippen molar-refractivity contribution < 1.29 is 19.4 Å². The van der Waals surface area contributed by atoms with Gasteiger partial charge in [-0.1, -0.05) is 0 Å². The second-order valence-corrected chi connectivity index (χ2v) is 4.18. The Morgan fingerprint density at radius 1 is 1.37 bits per heavy atom. The normalized spacial score (nSPS) is 9.84. The number of benzene rings is 1. The minimum absolute atomic E-state index is 0.0739. The molecule has 0 heterocycles. The minimum atomic E-state index is -0.442. The summed E-state index contributed by atoms with van der Waals surface area (Å²) in [5.74, 6) is -0.164. The molecule has 2 N–H and O–H groups in total. The molecule has 6 heteroatoms. The smallest absolute Gasteiger partial charge is 0.255 e. The van der Waals surface area contributed by atoms with Crippen molar-refractivity contribution in [2.45, 2.75) is 6.42 Å². The number of nitrogens with one attached hydrogen (secondary N) is 1. The molecule has 0 atom stereocenters. The van der Waals surface area contributed by atoms with E-state index in [9.17, 15) is 14.7 Å². The molecule has 0 spiro atoms. The van der Waals surface area contributed by atoms with Gasteiger partial charge in [-0.25, -0.2) is 0 Å². The highest BCUT2D eigenvalue weighted by molar-refractivity contribution is 5.97. The fourth-order valence-electron chi connectivity index (χ4n) is 1.43. The van der Waals surface area contributed by atoms with Crippen LogP contribution in [-0.4, -0.2) is 49.6 Å². The second-order valence-electron chi connectivity index (χ2n) is 4.18. The topological polar surface area (TPSA) is 78.9 Å². The molecule has 1 rings (SSSR count). The molecule has 0 saturated carbocycles. The SMILES string of the molecule is COc1ccc(O)c(C(=O)NCCC(=O)N(C)C)c1. The lowest BCUT2D eigenvalue weighted by Gasteiger charge is -2.11. The number of nitrogens with zero attached hydrogens (tertiary/aromatic N) is 1. The highest BCUT2D eigenvalue weighted by atomic mass is 16.5. The van der Waals surface area contributed by atoms with Crippen molar-refractivity contribution in [1.29, 1.82) is 0 Å². The Bertz CT molecular complexity index is 472. The van der Waals surface area contributed by atoms with E-state index in [0.29, 0.717) is 5.75 Å². The first kappa shape index (κ1) is 14.8. The number of carbonyl (C=O) groups excluding carboxylic acids is 2. The summed E-state index contributed by atoms with van der Waals surface area (Å²) in [5, 5.41) is 12.2. The number of hydrogen-bond donors (Lipinski definition) is 2. The van der Waals surface area contributed by atoms with Gasteiger partial charge in [-0.05, 0) is 18.2 Å². The third-order valence-electron chi connectivity index (χ3n) is 2.57. The summed E-state index contributed by atoms with van der Waals surface area (Å²) in [7, 11) is 4.78. The minimum Gasteiger partial charge on any atom is -0.507 e. The van der Waals surface area contributed by atoms with Crippen molar-refractivity contribution in [1.82, 2.24) is 10.2 Å². The molecule has 1 aromatic rings. The van der Waals surface area contributed by atoms with Gasteiger partial charge in [0.2, 0.25) is 5.91 Å². The van der Waals surface area contributed by atoms with Crippen LogP contribution >= 0.6 is 0 Å². The number of rotatable bonds is 5. The van der Waals surface area contributed by atoms with Crippen molar-refractivity contribution in [3.05, 3.63) is 23.8 Å². The molecule has 19 heavy (non-hydrogen) atoms. The summed E-state index contributed by atoms with van der Waals surface area (Å²) in [6.45, 7) is 0.215. The van der Waals surface area contributed by atoms with Crippen LogP contribution in [0.4, 0.5) is 0 Å². The van der Waals surface area contributed by atoms with E-state index in [1.165, 1.54) is 24.1 Å². The van der Waals surface area contributed by atoms with Crippen LogP contribution in [0.2, 0.25) is 0 Å². The number of phenols is 1. The summed E-state index contributed by atoms with van der Waals surface area (Å²) in [6.07, 6.45) is 0.212. The van der Waals surface area contributed by atoms with Gasteiger partial charge in [0, 0.05) is 27.1 Å². The van der Waals surface area contributed by atoms with E-state index in [1.54, 1.807) is 20.2 Å². The zero-order chi connectivity index (χ0) is 14.4. The highest BCUT2D eigenvalue weighted by Gasteiger charge is 2.12. The molecule has 2 amide bonds. The van der Waals surface area contributed by atoms with Gasteiger partial charge in [0.05, 0.1) is 12.7 Å². The molecule has 6 nitrogen and oxygen atoms in total. The molecular formula is C13H18N2O4. The van der Waals surface area contributed by atoms with Gasteiger partial charge in [-0.15, -0.1) is 0 Å². The lowest BCUT2D eigenvalue weighted by atomic mass is 10.1. The van der Waals surface area contributed by atoms with E-state index < -0.39 is 5.91 Å². The summed E-state index contributed by atoms with van der Waals surface area (Å²) in [4.78, 5) is 24.6. The zero-order valence-electron chi connectivity index (χ0n) is 11.3. The fraction of sp³-hybridized carbons (Fsp3) is 0.385. The van der Waals surface area contributed by atoms with Crippen molar-refractivity contribution in [3.8, 4) is 11.5 Å². The van der Waals surface area contributed by atoms with E-state index in [0.717, 1.165) is 0 Å². The average Bonchev–Trinajstić information content (AvgIpc) is 2.38. The fourth-order valence-corrected chi connectivity index (χ4v) is 1.43. The van der Waals surface area contributed by atoms with Gasteiger partial charge in [-0.2, -0.15) is 0 Å². The van der Waals surface area contributed by atoms with Crippen LogP contribution in [0, 0.1) is 0 Å². The first-order chi connectivity index (χ1) is 8.95. The quantitative estimate of drug-likeness (QED) is 0.818. The predicted octanol–water partition coefficient (Wildman–Crippen LogP) is 0.609. The number of phenolic OH excluding ortho intramolecular Hbond substituents is 1. The summed E-state index contributed by atoms with van der Waals surface area (Å²) in [6, 6.07) is 4.39. The van der Waals surface area contributed by atoms with Gasteiger partial charge in [-0.3, -0.25) is 9.59 Å². The maximum absolute atomic E-state index is 11.8. The first-order valence-electron chi connectivity index (χ1n) is 5.81. The molecule has 0 bridgehead atoms. The van der Waals surface area contributed by atoms with Crippen LogP contribution in [0.1, 0.15) is 16.8 Å². The van der Waals surface area contributed by atoms with E-state index in [-0.39, 0.29) is 30.2 Å². The lowest BCUT2D eigenvalue weighted by molar-refractivity contribution is -0.128. The third-order valence-corrected chi connectivity index (χ3v) is 2.57. The van der Waals surface area contributed by atoms with Crippen molar-refractivity contribution in [2.24, 2.45) is 0 Å². The number of methoxy groups -OCH3 is 1. The second kappa shape index (κ2) is 6.63. The third kappa shape index (κ3) is 4.17. The zero-order valence-corrected chi connectivity index (χ0v) is 11.3. The van der Waals surface area contributed by atoms with E-state index in [4.69, 9.17) is 4.74 Å². The maximum atomic E-state index is 11.8. The van der Waals surface area contributed by atoms with Crippen LogP contribution in [0.5, 0.6) is 11.5 Å². The number of aromatic hydroxyl groups is 1. The molecule has 0 unspecified atom stereocenters. The Morgan fingerprint density at radius 3 is 2.63 bits per heavy atom. The van der Waals surface area contributed by atoms with E-state index in [2.05, 4.69) is 5.32 Å². The van der Waals surface area contributed by atoms with Crippen LogP contribution in [0.25, 0.3) is 0 Å². The lowest BCUT2D eigenvalue weighted by Crippen LogP contribution is -2.30. The molecule has 1 aromatic carbocycles. The van der Waals surface area contributed by atoms with Crippen LogP contribution in [0.15, 0.2) is 18.2 Å². The largest absolute Gasteiger partial charge is 0.507 e. The van der Waals surface area contributed by atoms with Crippen molar-refractivity contribution >= 4 is 11.8 Å². The monoisotopic (exact) mass is 266 g/mol. The summed E-state index contributed by atoms with van der Waals surface area (Å²) < 4.78 is 4.98. The maximum Gasteiger partial charge on any atom is 0.255 e. The number of carbonyl (C=O) groups is 2. The Kier molecular flexibility index (Phi) is 5.17. The van der Waals surface area contributed by atoms with Crippen LogP contribution in [-0.2, 0) is 4.79 Å². The highest BCUT2D eigenvalue weighted by Crippen LogP contribution is 2.22. The molecule has 0 radical (unpaired) electrons. The Balaban J connectivity index is 2.61. The molecule has 0 saturated heterocycles. The number of hydrogen-bond acceptors (Lipinski definition) is 4. The van der Waals surface area contributed by atoms with E-state index in [1.807, 2.05) is 0 Å². The molecule has 0 aromatic heterocycles. The van der Waals surface area contributed by atoms with E-state index >= 15 is 0 Å². The van der Waals surface area contributed by atoms with Crippen molar-refractivity contribution in [2.75, 3.05) is 27.7 Å². The predicted molar refractivity (Wildman–Crippen MR) is 70.3 cm³/mol. The summed E-state index contributed by atoms with van der Waals surface area (Å²) in [5.41, 5.74) is 0.122. The molecule has 0 aliphatic carbocycles. The van der Waals surface area contributed by atoms with Crippen LogP contribution in [0.3, 0.4) is 0 Å². The van der Waals surface area contributed by atoms with Crippen LogP contribution < -0.4 is 10.1 Å². The van der Waals surface area contributed by atoms with Crippen molar-refractivity contribution in [3.63, 3.8) is 0 Å². The molecule has 0 aliphatic rings. The van der Waals surface area contributed by atoms with Gasteiger partial charge in [0.25, 0.3) is 5.91 Å². The molecule has 0 fully saturated rings. The number of amides is 2. The Hall–Kier alpha value is -2.24. The Labute approximate surface area is 112 Å². The van der Waals surface area contributed by atoms with Gasteiger partial charge < -0.3 is 20.1 Å². The standard InChI is InChI=1S/C13H18N2O4/c1-15(2)12(17)6-7-14-13(18)10-8-9(19-3)4-5-11(10)16/h4-5,8,16H,6-7H2,1-3H3,(H,14,18). The molecular weight excluding hydrogens is 248 g/mol. The first-order valence-corrected chi connectivity index (χ1v) is 5.81. The average molecular weight is 266 g/mol. The van der Waals surface area contributed by atoms with Gasteiger partial charge >= 0.3 is 0 Å². The van der Waals surface area contributed by atoms with Gasteiger partial charge in [0.1, 0.15) is 11.5 Å². The van der Waals surface area contributed by atoms with Gasteiger partial charge in [0.15, 0.2) is 0 Å².